The summed E-state index contributed by atoms with van der Waals surface area (Å²) in [5, 5.41) is 8.91. The second-order valence-corrected chi connectivity index (χ2v) is 5.11. The van der Waals surface area contributed by atoms with Crippen LogP contribution in [0.4, 0.5) is 0 Å². The van der Waals surface area contributed by atoms with E-state index in [-0.39, 0.29) is 12.3 Å². The lowest BCUT2D eigenvalue weighted by atomic mass is 10.0. The zero-order chi connectivity index (χ0) is 13.8. The van der Waals surface area contributed by atoms with Gasteiger partial charge in [0, 0.05) is 19.5 Å². The highest BCUT2D eigenvalue weighted by molar-refractivity contribution is 5.86. The van der Waals surface area contributed by atoms with Gasteiger partial charge in [0.15, 0.2) is 0 Å². The van der Waals surface area contributed by atoms with E-state index in [1.165, 1.54) is 11.1 Å². The number of hydrogen-bond donors (Lipinski definition) is 1. The Balaban J connectivity index is 1.82. The van der Waals surface area contributed by atoms with Crippen molar-refractivity contribution in [1.82, 2.24) is 4.90 Å². The summed E-state index contributed by atoms with van der Waals surface area (Å²) in [7, 11) is 0. The molecule has 1 fully saturated rings. The van der Waals surface area contributed by atoms with Gasteiger partial charge in [0.05, 0.1) is 5.92 Å². The van der Waals surface area contributed by atoms with Gasteiger partial charge in [0.2, 0.25) is 5.91 Å². The number of carbonyl (C=O) groups excluding carboxylic acids is 1. The molecule has 4 heteroatoms. The number of carboxylic acid groups (broad SMARTS) is 1. The summed E-state index contributed by atoms with van der Waals surface area (Å²) in [4.78, 5) is 24.2. The van der Waals surface area contributed by atoms with Crippen LogP contribution in [0.25, 0.3) is 0 Å². The Kier molecular flexibility index (Phi) is 4.20. The van der Waals surface area contributed by atoms with Gasteiger partial charge in [0.1, 0.15) is 0 Å². The summed E-state index contributed by atoms with van der Waals surface area (Å²) in [5.41, 5.74) is 2.56. The molecule has 19 heavy (non-hydrogen) atoms. The molecule has 1 aliphatic rings. The van der Waals surface area contributed by atoms with E-state index in [9.17, 15) is 9.59 Å². The standard InChI is InChI=1S/C15H19NO3/c1-11-5-2-3-6-12(11)7-4-8-16-10-13(15(18)19)9-14(16)17/h2-3,5-6,13H,4,7-10H2,1H3,(H,18,19). The molecule has 0 radical (unpaired) electrons. The van der Waals surface area contributed by atoms with Crippen molar-refractivity contribution in [2.75, 3.05) is 13.1 Å². The van der Waals surface area contributed by atoms with E-state index in [4.69, 9.17) is 5.11 Å². The Hall–Kier alpha value is -1.84. The number of nitrogens with zero attached hydrogens (tertiary/aromatic N) is 1. The predicted octanol–water partition coefficient (Wildman–Crippen LogP) is 1.86. The van der Waals surface area contributed by atoms with Crippen molar-refractivity contribution in [3.63, 3.8) is 0 Å². The lowest BCUT2D eigenvalue weighted by Gasteiger charge is -2.16. The third kappa shape index (κ3) is 3.34. The Labute approximate surface area is 113 Å². The predicted molar refractivity (Wildman–Crippen MR) is 71.8 cm³/mol. The highest BCUT2D eigenvalue weighted by Crippen LogP contribution is 2.19. The molecule has 0 aromatic heterocycles. The third-order valence-corrected chi connectivity index (χ3v) is 3.70. The fourth-order valence-electron chi connectivity index (χ4n) is 2.50. The van der Waals surface area contributed by atoms with Gasteiger partial charge in [-0.05, 0) is 30.9 Å². The summed E-state index contributed by atoms with van der Waals surface area (Å²) in [6, 6.07) is 8.21. The molecular formula is C15H19NO3. The molecule has 1 amide bonds. The number of rotatable bonds is 5. The van der Waals surface area contributed by atoms with Crippen LogP contribution in [0, 0.1) is 12.8 Å². The highest BCUT2D eigenvalue weighted by atomic mass is 16.4. The van der Waals surface area contributed by atoms with Gasteiger partial charge in [0.25, 0.3) is 0 Å². The van der Waals surface area contributed by atoms with Crippen LogP contribution in [0.3, 0.4) is 0 Å². The maximum absolute atomic E-state index is 11.7. The van der Waals surface area contributed by atoms with Crippen LogP contribution >= 0.6 is 0 Å². The van der Waals surface area contributed by atoms with Crippen molar-refractivity contribution in [3.8, 4) is 0 Å². The molecule has 1 aromatic carbocycles. The number of aliphatic carboxylic acids is 1. The highest BCUT2D eigenvalue weighted by Gasteiger charge is 2.33. The van der Waals surface area contributed by atoms with Gasteiger partial charge < -0.3 is 10.0 Å². The molecule has 0 spiro atoms. The normalized spacial score (nSPS) is 18.9. The van der Waals surface area contributed by atoms with Gasteiger partial charge in [-0.3, -0.25) is 9.59 Å². The molecular weight excluding hydrogens is 242 g/mol. The smallest absolute Gasteiger partial charge is 0.308 e. The summed E-state index contributed by atoms with van der Waals surface area (Å²) in [6.45, 7) is 3.09. The van der Waals surface area contributed by atoms with Crippen molar-refractivity contribution in [3.05, 3.63) is 35.4 Å². The third-order valence-electron chi connectivity index (χ3n) is 3.70. The zero-order valence-corrected chi connectivity index (χ0v) is 11.1. The molecule has 1 unspecified atom stereocenters. The number of aryl methyl sites for hydroxylation is 2. The summed E-state index contributed by atoms with van der Waals surface area (Å²) in [6.07, 6.45) is 1.96. The molecule has 2 rings (SSSR count). The summed E-state index contributed by atoms with van der Waals surface area (Å²) < 4.78 is 0. The van der Waals surface area contributed by atoms with Crippen molar-refractivity contribution in [2.24, 2.45) is 5.92 Å². The number of amides is 1. The molecule has 1 atom stereocenters. The van der Waals surface area contributed by atoms with Gasteiger partial charge >= 0.3 is 5.97 Å². The summed E-state index contributed by atoms with van der Waals surface area (Å²) >= 11 is 0. The SMILES string of the molecule is Cc1ccccc1CCCN1CC(C(=O)O)CC1=O. The number of hydrogen-bond acceptors (Lipinski definition) is 2. The molecule has 4 nitrogen and oxygen atoms in total. The first-order valence-corrected chi connectivity index (χ1v) is 6.63. The van der Waals surface area contributed by atoms with Crippen LogP contribution in [-0.4, -0.2) is 35.0 Å². The van der Waals surface area contributed by atoms with E-state index in [0.29, 0.717) is 13.1 Å². The van der Waals surface area contributed by atoms with Crippen LogP contribution in [0.5, 0.6) is 0 Å². The molecule has 1 N–H and O–H groups in total. The van der Waals surface area contributed by atoms with E-state index < -0.39 is 11.9 Å². The molecule has 0 bridgehead atoms. The number of benzene rings is 1. The fourth-order valence-corrected chi connectivity index (χ4v) is 2.50. The van der Waals surface area contributed by atoms with E-state index in [1.807, 2.05) is 12.1 Å². The Morgan fingerprint density at radius 2 is 2.16 bits per heavy atom. The minimum absolute atomic E-state index is 0.0304. The quantitative estimate of drug-likeness (QED) is 0.880. The Morgan fingerprint density at radius 1 is 1.42 bits per heavy atom. The lowest BCUT2D eigenvalue weighted by molar-refractivity contribution is -0.141. The first-order valence-electron chi connectivity index (χ1n) is 6.63. The molecule has 0 saturated carbocycles. The Morgan fingerprint density at radius 3 is 2.79 bits per heavy atom. The molecule has 1 aliphatic heterocycles. The molecule has 102 valence electrons. The van der Waals surface area contributed by atoms with E-state index in [2.05, 4.69) is 19.1 Å². The van der Waals surface area contributed by atoms with Gasteiger partial charge in [-0.15, -0.1) is 0 Å². The minimum Gasteiger partial charge on any atom is -0.481 e. The topological polar surface area (TPSA) is 57.6 Å². The summed E-state index contributed by atoms with van der Waals surface area (Å²) in [5.74, 6) is -1.42. The van der Waals surface area contributed by atoms with Crippen molar-refractivity contribution in [2.45, 2.75) is 26.2 Å². The maximum Gasteiger partial charge on any atom is 0.308 e. The number of carbonyl (C=O) groups is 2. The number of likely N-dealkylation sites (tertiary alicyclic amines) is 1. The van der Waals surface area contributed by atoms with Crippen LogP contribution in [0.1, 0.15) is 24.0 Å². The van der Waals surface area contributed by atoms with Crippen LogP contribution in [-0.2, 0) is 16.0 Å². The second-order valence-electron chi connectivity index (χ2n) is 5.11. The van der Waals surface area contributed by atoms with Crippen LogP contribution in [0.2, 0.25) is 0 Å². The van der Waals surface area contributed by atoms with Crippen LogP contribution in [0.15, 0.2) is 24.3 Å². The average molecular weight is 261 g/mol. The second kappa shape index (κ2) is 5.87. The van der Waals surface area contributed by atoms with Gasteiger partial charge in [-0.2, -0.15) is 0 Å². The molecule has 1 saturated heterocycles. The van der Waals surface area contributed by atoms with Gasteiger partial charge in [-0.25, -0.2) is 0 Å². The fraction of sp³-hybridized carbons (Fsp3) is 0.467. The Bertz CT molecular complexity index is 484. The van der Waals surface area contributed by atoms with Gasteiger partial charge in [-0.1, -0.05) is 24.3 Å². The monoisotopic (exact) mass is 261 g/mol. The van der Waals surface area contributed by atoms with Crippen molar-refractivity contribution < 1.29 is 14.7 Å². The van der Waals surface area contributed by atoms with E-state index >= 15 is 0 Å². The maximum atomic E-state index is 11.7. The van der Waals surface area contributed by atoms with E-state index in [0.717, 1.165) is 12.8 Å². The van der Waals surface area contributed by atoms with Crippen molar-refractivity contribution in [1.29, 1.82) is 0 Å². The zero-order valence-electron chi connectivity index (χ0n) is 11.1. The molecule has 1 aromatic rings. The number of carboxylic acids is 1. The first-order chi connectivity index (χ1) is 9.08. The average Bonchev–Trinajstić information content (AvgIpc) is 2.74. The first kappa shape index (κ1) is 13.6. The lowest BCUT2D eigenvalue weighted by Crippen LogP contribution is -2.27. The van der Waals surface area contributed by atoms with Crippen molar-refractivity contribution >= 4 is 11.9 Å². The minimum atomic E-state index is -0.866. The molecule has 0 aliphatic carbocycles. The molecule has 1 heterocycles. The van der Waals surface area contributed by atoms with E-state index in [1.54, 1.807) is 4.90 Å². The largest absolute Gasteiger partial charge is 0.481 e. The van der Waals surface area contributed by atoms with Crippen LogP contribution < -0.4 is 0 Å².